The van der Waals surface area contributed by atoms with Crippen molar-refractivity contribution in [1.82, 2.24) is 4.90 Å². The number of non-ortho nitro benzene ring substituents is 1. The van der Waals surface area contributed by atoms with E-state index in [1.807, 2.05) is 0 Å². The molecule has 7 nitrogen and oxygen atoms in total. The molecule has 0 aliphatic heterocycles. The second-order valence-electron chi connectivity index (χ2n) is 4.73. The van der Waals surface area contributed by atoms with Crippen molar-refractivity contribution in [3.63, 3.8) is 0 Å². The van der Waals surface area contributed by atoms with E-state index in [1.165, 1.54) is 42.4 Å². The van der Waals surface area contributed by atoms with E-state index in [9.17, 15) is 19.7 Å². The normalized spacial score (nSPS) is 11.4. The highest BCUT2D eigenvalue weighted by Crippen LogP contribution is 2.16. The minimum Gasteiger partial charge on any atom is -0.469 e. The number of benzene rings is 1. The molecule has 1 aromatic carbocycles. The number of carbonyl (C=O) groups excluding carboxylic acids is 2. The molecular weight excluding hydrogens is 288 g/mol. The Morgan fingerprint density at radius 3 is 2.73 bits per heavy atom. The van der Waals surface area contributed by atoms with Crippen LogP contribution in [-0.2, 0) is 9.53 Å². The maximum absolute atomic E-state index is 12.5. The molecular formula is C15H18N2O5. The van der Waals surface area contributed by atoms with Gasteiger partial charge in [0.05, 0.1) is 18.0 Å². The Hall–Kier alpha value is -2.70. The molecule has 0 radical (unpaired) electrons. The third-order valence-electron chi connectivity index (χ3n) is 3.04. The summed E-state index contributed by atoms with van der Waals surface area (Å²) in [4.78, 5) is 35.6. The molecule has 22 heavy (non-hydrogen) atoms. The van der Waals surface area contributed by atoms with Crippen molar-refractivity contribution in [3.05, 3.63) is 52.6 Å². The number of nitro groups is 1. The maximum atomic E-state index is 12.5. The minimum atomic E-state index is -0.564. The Balaban J connectivity index is 2.98. The van der Waals surface area contributed by atoms with Gasteiger partial charge in [0.1, 0.15) is 0 Å². The summed E-state index contributed by atoms with van der Waals surface area (Å²) in [6, 6.07) is 5.46. The number of carbonyl (C=O) groups is 2. The summed E-state index contributed by atoms with van der Waals surface area (Å²) in [6.45, 7) is 5.58. The smallest absolute Gasteiger partial charge is 0.310 e. The van der Waals surface area contributed by atoms with Crippen LogP contribution in [0, 0.1) is 16.0 Å². The van der Waals surface area contributed by atoms with Crippen molar-refractivity contribution in [1.29, 1.82) is 0 Å². The van der Waals surface area contributed by atoms with E-state index in [2.05, 4.69) is 11.3 Å². The Labute approximate surface area is 128 Å². The molecule has 1 aromatic rings. The molecule has 1 unspecified atom stereocenters. The quantitative estimate of drug-likeness (QED) is 0.333. The molecule has 1 amide bonds. The summed E-state index contributed by atoms with van der Waals surface area (Å²) in [6.07, 6.45) is 1.53. The average Bonchev–Trinajstić information content (AvgIpc) is 2.52. The van der Waals surface area contributed by atoms with Gasteiger partial charge in [-0.3, -0.25) is 19.7 Å². The summed E-state index contributed by atoms with van der Waals surface area (Å²) in [5.41, 5.74) is 0.0264. The number of nitrogens with zero attached hydrogens (tertiary/aromatic N) is 2. The van der Waals surface area contributed by atoms with Gasteiger partial charge in [0.25, 0.3) is 11.6 Å². The predicted molar refractivity (Wildman–Crippen MR) is 80.4 cm³/mol. The summed E-state index contributed by atoms with van der Waals surface area (Å²) in [5, 5.41) is 10.8. The first-order valence-corrected chi connectivity index (χ1v) is 6.63. The molecule has 0 fully saturated rings. The standard InChI is InChI=1S/C15H18N2O5/c1-4-8-16(10-11(2)15(19)22-3)14(18)12-6-5-7-13(9-12)17(20)21/h4-7,9,11H,1,8,10H2,2-3H3. The first-order chi connectivity index (χ1) is 10.4. The van der Waals surface area contributed by atoms with E-state index in [-0.39, 0.29) is 24.3 Å². The largest absolute Gasteiger partial charge is 0.469 e. The van der Waals surface area contributed by atoms with Crippen LogP contribution in [-0.4, -0.2) is 41.9 Å². The number of hydrogen-bond donors (Lipinski definition) is 0. The van der Waals surface area contributed by atoms with E-state index in [4.69, 9.17) is 0 Å². The number of rotatable bonds is 7. The van der Waals surface area contributed by atoms with Gasteiger partial charge >= 0.3 is 5.97 Å². The maximum Gasteiger partial charge on any atom is 0.310 e. The molecule has 118 valence electrons. The van der Waals surface area contributed by atoms with Crippen LogP contribution in [0.15, 0.2) is 36.9 Å². The molecule has 0 aliphatic carbocycles. The Bertz CT molecular complexity index is 585. The fraction of sp³-hybridized carbons (Fsp3) is 0.333. The SMILES string of the molecule is C=CCN(CC(C)C(=O)OC)C(=O)c1cccc([N+](=O)[O-])c1. The molecule has 1 rings (SSSR count). The van der Waals surface area contributed by atoms with Crippen LogP contribution in [0.5, 0.6) is 0 Å². The zero-order chi connectivity index (χ0) is 16.7. The van der Waals surface area contributed by atoms with Gasteiger partial charge in [0.15, 0.2) is 0 Å². The highest BCUT2D eigenvalue weighted by Gasteiger charge is 2.22. The molecule has 0 bridgehead atoms. The Morgan fingerprint density at radius 2 is 2.18 bits per heavy atom. The zero-order valence-corrected chi connectivity index (χ0v) is 12.5. The van der Waals surface area contributed by atoms with Crippen LogP contribution in [0.4, 0.5) is 5.69 Å². The second-order valence-corrected chi connectivity index (χ2v) is 4.73. The number of nitro benzene ring substituents is 1. The molecule has 0 heterocycles. The lowest BCUT2D eigenvalue weighted by atomic mass is 10.1. The summed E-state index contributed by atoms with van der Waals surface area (Å²) >= 11 is 0. The van der Waals surface area contributed by atoms with Gasteiger partial charge in [-0.15, -0.1) is 6.58 Å². The highest BCUT2D eigenvalue weighted by atomic mass is 16.6. The molecule has 1 atom stereocenters. The lowest BCUT2D eigenvalue weighted by molar-refractivity contribution is -0.384. The van der Waals surface area contributed by atoms with Crippen molar-refractivity contribution >= 4 is 17.6 Å². The fourth-order valence-corrected chi connectivity index (χ4v) is 1.94. The molecule has 0 N–H and O–H groups in total. The Morgan fingerprint density at radius 1 is 1.50 bits per heavy atom. The van der Waals surface area contributed by atoms with Crippen molar-refractivity contribution in [2.75, 3.05) is 20.2 Å². The number of amides is 1. The van der Waals surface area contributed by atoms with Gasteiger partial charge in [0, 0.05) is 30.8 Å². The highest BCUT2D eigenvalue weighted by molar-refractivity contribution is 5.95. The van der Waals surface area contributed by atoms with E-state index >= 15 is 0 Å². The van der Waals surface area contributed by atoms with Gasteiger partial charge in [-0.2, -0.15) is 0 Å². The summed E-state index contributed by atoms with van der Waals surface area (Å²) in [7, 11) is 1.28. The van der Waals surface area contributed by atoms with Gasteiger partial charge in [-0.05, 0) is 6.07 Å². The molecule has 0 aliphatic rings. The number of methoxy groups -OCH3 is 1. The van der Waals surface area contributed by atoms with Gasteiger partial charge < -0.3 is 9.64 Å². The van der Waals surface area contributed by atoms with Crippen molar-refractivity contribution in [2.24, 2.45) is 5.92 Å². The Kier molecular flexibility index (Phi) is 6.25. The lowest BCUT2D eigenvalue weighted by Gasteiger charge is -2.23. The third-order valence-corrected chi connectivity index (χ3v) is 3.04. The molecule has 0 saturated heterocycles. The minimum absolute atomic E-state index is 0.139. The van der Waals surface area contributed by atoms with Crippen LogP contribution < -0.4 is 0 Å². The molecule has 0 saturated carbocycles. The monoisotopic (exact) mass is 306 g/mol. The number of ether oxygens (including phenoxy) is 1. The fourth-order valence-electron chi connectivity index (χ4n) is 1.94. The number of esters is 1. The number of hydrogen-bond acceptors (Lipinski definition) is 5. The van der Waals surface area contributed by atoms with Crippen LogP contribution in [0.1, 0.15) is 17.3 Å². The average molecular weight is 306 g/mol. The van der Waals surface area contributed by atoms with Gasteiger partial charge in [-0.1, -0.05) is 19.1 Å². The van der Waals surface area contributed by atoms with Crippen molar-refractivity contribution in [2.45, 2.75) is 6.92 Å². The third kappa shape index (κ3) is 4.41. The van der Waals surface area contributed by atoms with Crippen LogP contribution in [0.25, 0.3) is 0 Å². The van der Waals surface area contributed by atoms with Gasteiger partial charge in [0.2, 0.25) is 0 Å². The molecule has 0 aromatic heterocycles. The van der Waals surface area contributed by atoms with E-state index in [0.717, 1.165) is 0 Å². The van der Waals surface area contributed by atoms with Gasteiger partial charge in [-0.25, -0.2) is 0 Å². The first-order valence-electron chi connectivity index (χ1n) is 6.63. The molecule has 0 spiro atoms. The second kappa shape index (κ2) is 7.92. The first kappa shape index (κ1) is 17.4. The molecule has 7 heteroatoms. The van der Waals surface area contributed by atoms with Crippen molar-refractivity contribution < 1.29 is 19.2 Å². The van der Waals surface area contributed by atoms with Crippen LogP contribution >= 0.6 is 0 Å². The van der Waals surface area contributed by atoms with Crippen LogP contribution in [0.2, 0.25) is 0 Å². The van der Waals surface area contributed by atoms with E-state index < -0.39 is 22.7 Å². The lowest BCUT2D eigenvalue weighted by Crippen LogP contribution is -2.37. The van der Waals surface area contributed by atoms with E-state index in [0.29, 0.717) is 0 Å². The topological polar surface area (TPSA) is 89.8 Å². The predicted octanol–water partition coefficient (Wildman–Crippen LogP) is 2.03. The summed E-state index contributed by atoms with van der Waals surface area (Å²) < 4.78 is 4.64. The van der Waals surface area contributed by atoms with Crippen LogP contribution in [0.3, 0.4) is 0 Å². The van der Waals surface area contributed by atoms with E-state index in [1.54, 1.807) is 6.92 Å². The zero-order valence-electron chi connectivity index (χ0n) is 12.5. The van der Waals surface area contributed by atoms with Crippen molar-refractivity contribution in [3.8, 4) is 0 Å². The summed E-state index contributed by atoms with van der Waals surface area (Å²) in [5.74, 6) is -1.34.